The normalized spacial score (nSPS) is 13.3. The molecule has 1 aliphatic heterocycles. The number of benzene rings is 2. The van der Waals surface area contributed by atoms with Crippen molar-refractivity contribution in [1.29, 1.82) is 10.5 Å². The van der Waals surface area contributed by atoms with E-state index in [0.29, 0.717) is 47.9 Å². The quantitative estimate of drug-likeness (QED) is 0.352. The van der Waals surface area contributed by atoms with Crippen molar-refractivity contribution in [2.24, 2.45) is 0 Å². The third-order valence-electron chi connectivity index (χ3n) is 6.58. The molecule has 9 heteroatoms. The molecule has 0 fully saturated rings. The highest BCUT2D eigenvalue weighted by Crippen LogP contribution is 2.31. The molecule has 1 aliphatic rings. The Hall–Kier alpha value is -4.50. The molecular weight excluding hydrogens is 503 g/mol. The zero-order valence-electron chi connectivity index (χ0n) is 20.3. The van der Waals surface area contributed by atoms with E-state index in [1.165, 1.54) is 12.1 Å². The molecule has 0 radical (unpaired) electrons. The number of carbonyl (C=O) groups excluding carboxylic acids is 1. The minimum Gasteiger partial charge on any atom is -0.333 e. The monoisotopic (exact) mass is 524 g/mol. The molecule has 2 aromatic carbocycles. The maximum Gasteiger partial charge on any atom is 0.326 e. The van der Waals surface area contributed by atoms with Crippen LogP contribution in [0.25, 0.3) is 17.0 Å². The largest absolute Gasteiger partial charge is 0.333 e. The number of fused-ring (bicyclic) bond motifs is 3. The second-order valence-corrected chi connectivity index (χ2v) is 9.38. The van der Waals surface area contributed by atoms with E-state index >= 15 is 0 Å². The standard InChI is InChI=1S/C29H22ClFN6O/c30-28-14-21(7-9-34-28)17-35-29(38)37-26-8-11-36(10-1-2-19-3-5-22(16-33)25(31)12-19)18-24(26)23-6-4-20(15-32)13-27(23)37/h1-7,9,12-14H,8,10-11,17-18H2,(H,35,38). The highest BCUT2D eigenvalue weighted by atomic mass is 35.5. The lowest BCUT2D eigenvalue weighted by molar-refractivity contribution is 0.240. The second kappa shape index (κ2) is 10.9. The van der Waals surface area contributed by atoms with Crippen LogP contribution in [0.2, 0.25) is 5.15 Å². The van der Waals surface area contributed by atoms with Crippen molar-refractivity contribution in [1.82, 2.24) is 19.8 Å². The van der Waals surface area contributed by atoms with Gasteiger partial charge < -0.3 is 5.32 Å². The van der Waals surface area contributed by atoms with Crippen molar-refractivity contribution in [3.63, 3.8) is 0 Å². The highest BCUT2D eigenvalue weighted by molar-refractivity contribution is 6.29. The maximum absolute atomic E-state index is 13.9. The van der Waals surface area contributed by atoms with Crippen molar-refractivity contribution in [3.05, 3.63) is 105 Å². The van der Waals surface area contributed by atoms with Gasteiger partial charge in [-0.1, -0.05) is 35.9 Å². The van der Waals surface area contributed by atoms with E-state index < -0.39 is 5.82 Å². The zero-order valence-corrected chi connectivity index (χ0v) is 21.0. The third-order valence-corrected chi connectivity index (χ3v) is 6.79. The first kappa shape index (κ1) is 25.2. The van der Waals surface area contributed by atoms with Gasteiger partial charge in [0.25, 0.3) is 0 Å². The van der Waals surface area contributed by atoms with Crippen LogP contribution in [0.3, 0.4) is 0 Å². The maximum atomic E-state index is 13.9. The predicted molar refractivity (Wildman–Crippen MR) is 143 cm³/mol. The van der Waals surface area contributed by atoms with Gasteiger partial charge in [-0.2, -0.15) is 10.5 Å². The molecule has 0 atom stereocenters. The van der Waals surface area contributed by atoms with E-state index in [-0.39, 0.29) is 11.6 Å². The summed E-state index contributed by atoms with van der Waals surface area (Å²) in [5.41, 5.74) is 4.70. The number of hydrogen-bond donors (Lipinski definition) is 1. The van der Waals surface area contributed by atoms with Gasteiger partial charge in [-0.25, -0.2) is 14.2 Å². The van der Waals surface area contributed by atoms with Crippen LogP contribution in [-0.2, 0) is 19.5 Å². The van der Waals surface area contributed by atoms with Gasteiger partial charge in [0.1, 0.15) is 17.0 Å². The van der Waals surface area contributed by atoms with Gasteiger partial charge in [-0.05, 0) is 53.1 Å². The van der Waals surface area contributed by atoms with Crippen LogP contribution < -0.4 is 5.32 Å². The number of nitriles is 2. The Bertz CT molecular complexity index is 1660. The van der Waals surface area contributed by atoms with Gasteiger partial charge in [0, 0.05) is 49.9 Å². The third kappa shape index (κ3) is 5.14. The first-order chi connectivity index (χ1) is 18.5. The lowest BCUT2D eigenvalue weighted by atomic mass is 10.0. The molecule has 0 unspecified atom stereocenters. The van der Waals surface area contributed by atoms with Gasteiger partial charge in [-0.15, -0.1) is 0 Å². The fraction of sp³-hybridized carbons (Fsp3) is 0.172. The first-order valence-electron chi connectivity index (χ1n) is 12.0. The topological polar surface area (TPSA) is 97.7 Å². The van der Waals surface area contributed by atoms with E-state index in [1.807, 2.05) is 24.3 Å². The smallest absolute Gasteiger partial charge is 0.326 e. The Kier molecular flexibility index (Phi) is 7.19. The van der Waals surface area contributed by atoms with E-state index in [9.17, 15) is 14.4 Å². The number of rotatable bonds is 5. The Labute approximate surface area is 224 Å². The number of amides is 1. The van der Waals surface area contributed by atoms with Crippen LogP contribution in [0.15, 0.2) is 60.8 Å². The summed E-state index contributed by atoms with van der Waals surface area (Å²) in [6, 6.07) is 17.2. The minimum atomic E-state index is -0.535. The van der Waals surface area contributed by atoms with Crippen molar-refractivity contribution >= 4 is 34.6 Å². The molecule has 2 aromatic heterocycles. The summed E-state index contributed by atoms with van der Waals surface area (Å²) in [6.07, 6.45) is 6.04. The molecular formula is C29H22ClFN6O. The van der Waals surface area contributed by atoms with Gasteiger partial charge >= 0.3 is 6.03 Å². The summed E-state index contributed by atoms with van der Waals surface area (Å²) in [7, 11) is 0. The fourth-order valence-electron chi connectivity index (χ4n) is 4.74. The molecule has 188 valence electrons. The van der Waals surface area contributed by atoms with Gasteiger partial charge in [-0.3, -0.25) is 9.47 Å². The number of nitrogens with zero attached hydrogens (tertiary/aromatic N) is 5. The molecule has 0 saturated carbocycles. The summed E-state index contributed by atoms with van der Waals surface area (Å²) in [5, 5.41) is 22.6. The molecule has 0 aliphatic carbocycles. The fourth-order valence-corrected chi connectivity index (χ4v) is 4.94. The lowest BCUT2D eigenvalue weighted by Crippen LogP contribution is -2.34. The first-order valence-corrected chi connectivity index (χ1v) is 12.4. The Balaban J connectivity index is 1.38. The van der Waals surface area contributed by atoms with Crippen LogP contribution in [0.1, 0.15) is 33.5 Å². The second-order valence-electron chi connectivity index (χ2n) is 8.99. The number of carbonyl (C=O) groups is 1. The molecule has 1 amide bonds. The molecule has 3 heterocycles. The predicted octanol–water partition coefficient (Wildman–Crippen LogP) is 5.40. The summed E-state index contributed by atoms with van der Waals surface area (Å²) >= 11 is 5.97. The minimum absolute atomic E-state index is 0.0234. The molecule has 7 nitrogen and oxygen atoms in total. The number of pyridine rings is 1. The van der Waals surface area contributed by atoms with Crippen LogP contribution in [0, 0.1) is 28.5 Å². The van der Waals surface area contributed by atoms with E-state index in [0.717, 1.165) is 28.8 Å². The molecule has 1 N–H and O–H groups in total. The van der Waals surface area contributed by atoms with Crippen molar-refractivity contribution in [3.8, 4) is 12.1 Å². The molecule has 0 saturated heterocycles. The SMILES string of the molecule is N#Cc1ccc2c3c(n(C(=O)NCc4ccnc(Cl)c4)c2c1)CCN(CC=Cc1ccc(C#N)c(F)c1)C3. The number of nitrogens with one attached hydrogen (secondary N) is 1. The van der Waals surface area contributed by atoms with Gasteiger partial charge in [0.05, 0.1) is 22.7 Å². The van der Waals surface area contributed by atoms with Crippen molar-refractivity contribution in [2.75, 3.05) is 13.1 Å². The number of aromatic nitrogens is 2. The molecule has 0 bridgehead atoms. The number of hydrogen-bond acceptors (Lipinski definition) is 5. The van der Waals surface area contributed by atoms with Crippen LogP contribution in [0.5, 0.6) is 0 Å². The lowest BCUT2D eigenvalue weighted by Gasteiger charge is -2.27. The molecule has 38 heavy (non-hydrogen) atoms. The Morgan fingerprint density at radius 2 is 2.03 bits per heavy atom. The van der Waals surface area contributed by atoms with Crippen LogP contribution in [-0.4, -0.2) is 33.6 Å². The van der Waals surface area contributed by atoms with Crippen molar-refractivity contribution < 1.29 is 9.18 Å². The Morgan fingerprint density at radius 1 is 1.16 bits per heavy atom. The zero-order chi connectivity index (χ0) is 26.6. The molecule has 0 spiro atoms. The van der Waals surface area contributed by atoms with Crippen LogP contribution in [0.4, 0.5) is 9.18 Å². The molecule has 4 aromatic rings. The molecule has 5 rings (SSSR count). The summed E-state index contributed by atoms with van der Waals surface area (Å²) in [4.78, 5) is 19.6. The van der Waals surface area contributed by atoms with E-state index in [4.69, 9.17) is 16.9 Å². The van der Waals surface area contributed by atoms with Crippen molar-refractivity contribution in [2.45, 2.75) is 19.5 Å². The summed E-state index contributed by atoms with van der Waals surface area (Å²) < 4.78 is 15.6. The van der Waals surface area contributed by atoms with E-state index in [2.05, 4.69) is 21.3 Å². The van der Waals surface area contributed by atoms with Crippen LogP contribution >= 0.6 is 11.6 Å². The number of halogens is 2. The van der Waals surface area contributed by atoms with E-state index in [1.54, 1.807) is 41.1 Å². The summed E-state index contributed by atoms with van der Waals surface area (Å²) in [5.74, 6) is -0.535. The average molecular weight is 525 g/mol. The van der Waals surface area contributed by atoms with Gasteiger partial charge in [0.15, 0.2) is 0 Å². The van der Waals surface area contributed by atoms with Gasteiger partial charge in [0.2, 0.25) is 0 Å². The summed E-state index contributed by atoms with van der Waals surface area (Å²) in [6.45, 7) is 2.29. The Morgan fingerprint density at radius 3 is 2.79 bits per heavy atom. The average Bonchev–Trinajstić information content (AvgIpc) is 3.25. The highest BCUT2D eigenvalue weighted by Gasteiger charge is 2.26.